The SMILES string of the molecule is Cc1cc(C2CCN(C3CN(C)C3)CC2)cc2c1OCc1c(ncnc1N1CCS(=O)(=O)CC1)N2. The van der Waals surface area contributed by atoms with E-state index in [1.54, 1.807) is 6.33 Å². The monoisotopic (exact) mass is 498 g/mol. The molecule has 0 bridgehead atoms. The number of likely N-dealkylation sites (N-methyl/N-ethyl adjacent to an activating group) is 1. The quantitative estimate of drug-likeness (QED) is 0.683. The summed E-state index contributed by atoms with van der Waals surface area (Å²) in [6.45, 7) is 8.06. The molecule has 0 saturated carbocycles. The van der Waals surface area contributed by atoms with Crippen LogP contribution in [0.2, 0.25) is 0 Å². The number of sulfone groups is 1. The molecule has 1 N–H and O–H groups in total. The lowest BCUT2D eigenvalue weighted by molar-refractivity contribution is 0.0363. The molecule has 1 aromatic heterocycles. The number of benzene rings is 1. The zero-order valence-corrected chi connectivity index (χ0v) is 21.4. The van der Waals surface area contributed by atoms with Gasteiger partial charge in [0.15, 0.2) is 9.84 Å². The van der Waals surface area contributed by atoms with Crippen molar-refractivity contribution < 1.29 is 13.2 Å². The van der Waals surface area contributed by atoms with Crippen LogP contribution in [-0.2, 0) is 16.4 Å². The molecule has 188 valence electrons. The van der Waals surface area contributed by atoms with Gasteiger partial charge in [-0.2, -0.15) is 0 Å². The molecule has 0 atom stereocenters. The van der Waals surface area contributed by atoms with Crippen LogP contribution in [0.3, 0.4) is 0 Å². The number of anilines is 3. The fourth-order valence-corrected chi connectivity index (χ4v) is 7.13. The van der Waals surface area contributed by atoms with Crippen LogP contribution in [0.5, 0.6) is 5.75 Å². The minimum absolute atomic E-state index is 0.152. The lowest BCUT2D eigenvalue weighted by Crippen LogP contribution is -2.59. The Morgan fingerprint density at radius 1 is 1.06 bits per heavy atom. The van der Waals surface area contributed by atoms with Gasteiger partial charge in [0.05, 0.1) is 22.8 Å². The van der Waals surface area contributed by atoms with Gasteiger partial charge in [-0.1, -0.05) is 6.07 Å². The molecule has 0 aliphatic carbocycles. The summed E-state index contributed by atoms with van der Waals surface area (Å²) in [5.41, 5.74) is 4.32. The third-order valence-electron chi connectivity index (χ3n) is 8.04. The normalized spacial score (nSPS) is 23.4. The van der Waals surface area contributed by atoms with E-state index in [-0.39, 0.29) is 11.5 Å². The summed E-state index contributed by atoms with van der Waals surface area (Å²) in [7, 11) is -0.769. The first-order valence-electron chi connectivity index (χ1n) is 12.6. The van der Waals surface area contributed by atoms with Gasteiger partial charge >= 0.3 is 0 Å². The first-order valence-corrected chi connectivity index (χ1v) is 14.4. The minimum Gasteiger partial charge on any atom is -0.486 e. The second kappa shape index (κ2) is 8.90. The maximum Gasteiger partial charge on any atom is 0.153 e. The van der Waals surface area contributed by atoms with E-state index in [9.17, 15) is 8.42 Å². The number of aromatic nitrogens is 2. The van der Waals surface area contributed by atoms with Crippen LogP contribution in [0.25, 0.3) is 0 Å². The molecule has 4 aliphatic rings. The van der Waals surface area contributed by atoms with Crippen molar-refractivity contribution in [1.82, 2.24) is 19.8 Å². The molecular weight excluding hydrogens is 464 g/mol. The van der Waals surface area contributed by atoms with E-state index in [0.29, 0.717) is 25.6 Å². The largest absolute Gasteiger partial charge is 0.486 e. The van der Waals surface area contributed by atoms with Crippen molar-refractivity contribution in [2.75, 3.05) is 68.0 Å². The number of hydrogen-bond acceptors (Lipinski definition) is 9. The molecule has 0 radical (unpaired) electrons. The molecule has 5 heterocycles. The summed E-state index contributed by atoms with van der Waals surface area (Å²) in [5.74, 6) is 3.21. The van der Waals surface area contributed by atoms with Crippen molar-refractivity contribution in [2.24, 2.45) is 0 Å². The fourth-order valence-electron chi connectivity index (χ4n) is 5.93. The molecular formula is C25H34N6O3S. The second-order valence-corrected chi connectivity index (χ2v) is 12.8. The molecule has 9 nitrogen and oxygen atoms in total. The standard InChI is InChI=1S/C25H34N6O3S/c1-17-11-19(18-3-5-30(6-4-18)20-13-29(2)14-20)12-22-23(17)34-15-21-24(28-22)26-16-27-25(21)31-7-9-35(32,33)10-8-31/h11-12,16,18,20H,3-10,13-15H2,1-2H3,(H,26,27,28). The Balaban J connectivity index is 1.22. The van der Waals surface area contributed by atoms with Crippen molar-refractivity contribution in [3.8, 4) is 5.75 Å². The van der Waals surface area contributed by atoms with E-state index >= 15 is 0 Å². The second-order valence-electron chi connectivity index (χ2n) is 10.5. The van der Waals surface area contributed by atoms with Crippen LogP contribution >= 0.6 is 0 Å². The van der Waals surface area contributed by atoms with E-state index in [1.807, 2.05) is 4.90 Å². The molecule has 35 heavy (non-hydrogen) atoms. The summed E-state index contributed by atoms with van der Waals surface area (Å²) in [4.78, 5) is 16.1. The number of piperidine rings is 1. The number of fused-ring (bicyclic) bond motifs is 2. The molecule has 6 rings (SSSR count). The Bertz CT molecular complexity index is 1210. The predicted molar refractivity (Wildman–Crippen MR) is 137 cm³/mol. The Morgan fingerprint density at radius 3 is 2.51 bits per heavy atom. The maximum absolute atomic E-state index is 11.9. The summed E-state index contributed by atoms with van der Waals surface area (Å²) >= 11 is 0. The molecule has 2 aromatic rings. The molecule has 0 spiro atoms. The summed E-state index contributed by atoms with van der Waals surface area (Å²) in [5, 5.41) is 3.53. The van der Waals surface area contributed by atoms with Crippen LogP contribution in [-0.4, -0.2) is 92.0 Å². The third-order valence-corrected chi connectivity index (χ3v) is 9.65. The van der Waals surface area contributed by atoms with Gasteiger partial charge in [0, 0.05) is 32.2 Å². The zero-order valence-electron chi connectivity index (χ0n) is 20.5. The van der Waals surface area contributed by atoms with Crippen LogP contribution in [0, 0.1) is 6.92 Å². The van der Waals surface area contributed by atoms with Gasteiger partial charge in [0.1, 0.15) is 30.3 Å². The van der Waals surface area contributed by atoms with E-state index in [2.05, 4.69) is 51.2 Å². The van der Waals surface area contributed by atoms with Gasteiger partial charge in [0.2, 0.25) is 0 Å². The predicted octanol–water partition coefficient (Wildman–Crippen LogP) is 2.15. The number of nitrogens with zero attached hydrogens (tertiary/aromatic N) is 5. The highest BCUT2D eigenvalue weighted by molar-refractivity contribution is 7.91. The first-order chi connectivity index (χ1) is 16.9. The Hall–Kier alpha value is -2.43. The van der Waals surface area contributed by atoms with E-state index in [4.69, 9.17) is 4.74 Å². The van der Waals surface area contributed by atoms with Crippen molar-refractivity contribution in [3.05, 3.63) is 35.2 Å². The number of aryl methyl sites for hydroxylation is 1. The van der Waals surface area contributed by atoms with E-state index in [1.165, 1.54) is 31.5 Å². The molecule has 3 saturated heterocycles. The van der Waals surface area contributed by atoms with Gasteiger partial charge in [-0.05, 0) is 63.0 Å². The van der Waals surface area contributed by atoms with Gasteiger partial charge < -0.3 is 19.9 Å². The van der Waals surface area contributed by atoms with Crippen molar-refractivity contribution in [2.45, 2.75) is 38.3 Å². The van der Waals surface area contributed by atoms with Gasteiger partial charge in [-0.3, -0.25) is 4.90 Å². The smallest absolute Gasteiger partial charge is 0.153 e. The Labute approximate surface area is 207 Å². The number of likely N-dealkylation sites (tertiary alicyclic amines) is 2. The van der Waals surface area contributed by atoms with Crippen molar-refractivity contribution in [3.63, 3.8) is 0 Å². The van der Waals surface area contributed by atoms with E-state index < -0.39 is 9.84 Å². The molecule has 4 aliphatic heterocycles. The van der Waals surface area contributed by atoms with Gasteiger partial charge in [-0.15, -0.1) is 0 Å². The van der Waals surface area contributed by atoms with Crippen LogP contribution in [0.15, 0.2) is 18.5 Å². The number of rotatable bonds is 3. The van der Waals surface area contributed by atoms with Crippen LogP contribution < -0.4 is 15.0 Å². The average molecular weight is 499 g/mol. The zero-order chi connectivity index (χ0) is 24.2. The van der Waals surface area contributed by atoms with Crippen LogP contribution in [0.1, 0.15) is 35.4 Å². The minimum atomic E-state index is -2.96. The maximum atomic E-state index is 11.9. The summed E-state index contributed by atoms with van der Waals surface area (Å²) in [6, 6.07) is 5.26. The highest BCUT2D eigenvalue weighted by Gasteiger charge is 2.33. The summed E-state index contributed by atoms with van der Waals surface area (Å²) in [6.07, 6.45) is 3.92. The van der Waals surface area contributed by atoms with Gasteiger partial charge in [-0.25, -0.2) is 18.4 Å². The number of hydrogen-bond donors (Lipinski definition) is 1. The number of nitrogens with one attached hydrogen (secondary N) is 1. The van der Waals surface area contributed by atoms with Crippen molar-refractivity contribution in [1.29, 1.82) is 0 Å². The average Bonchev–Trinajstić information content (AvgIpc) is 3.02. The van der Waals surface area contributed by atoms with Crippen molar-refractivity contribution >= 4 is 27.2 Å². The molecule has 1 aromatic carbocycles. The van der Waals surface area contributed by atoms with Crippen LogP contribution in [0.4, 0.5) is 17.3 Å². The number of ether oxygens (including phenoxy) is 1. The molecule has 0 amide bonds. The third kappa shape index (κ3) is 4.47. The molecule has 3 fully saturated rings. The lowest BCUT2D eigenvalue weighted by Gasteiger charge is -2.46. The Morgan fingerprint density at radius 2 is 1.80 bits per heavy atom. The fraction of sp³-hybridized carbons (Fsp3) is 0.600. The summed E-state index contributed by atoms with van der Waals surface area (Å²) < 4.78 is 30.1. The molecule has 10 heteroatoms. The molecule has 0 unspecified atom stereocenters. The first kappa shape index (κ1) is 23.0. The van der Waals surface area contributed by atoms with Gasteiger partial charge in [0.25, 0.3) is 0 Å². The highest BCUT2D eigenvalue weighted by Crippen LogP contribution is 2.41. The highest BCUT2D eigenvalue weighted by atomic mass is 32.2. The lowest BCUT2D eigenvalue weighted by atomic mass is 9.87. The topological polar surface area (TPSA) is 90.9 Å². The Kier molecular flexibility index (Phi) is 5.85. The van der Waals surface area contributed by atoms with E-state index in [0.717, 1.165) is 53.3 Å².